The molecule has 1 aliphatic heterocycles. The molecule has 5 nitrogen and oxygen atoms in total. The molecule has 4 rings (SSSR count). The number of amides is 2. The molecule has 1 aromatic carbocycles. The van der Waals surface area contributed by atoms with Gasteiger partial charge in [-0.3, -0.25) is 0 Å². The molecular weight excluding hydrogens is 316 g/mol. The van der Waals surface area contributed by atoms with E-state index >= 15 is 0 Å². The number of aliphatic hydroxyl groups excluding tert-OH is 1. The van der Waals surface area contributed by atoms with Crippen LogP contribution < -0.4 is 5.32 Å². The monoisotopic (exact) mass is 340 g/mol. The highest BCUT2D eigenvalue weighted by Crippen LogP contribution is 2.32. The number of nitrogens with one attached hydrogen (secondary N) is 1. The largest absolute Gasteiger partial charge is 0.467 e. The lowest BCUT2D eigenvalue weighted by Crippen LogP contribution is -2.44. The summed E-state index contributed by atoms with van der Waals surface area (Å²) in [7, 11) is 0. The minimum absolute atomic E-state index is 0.0177. The number of furan rings is 1. The van der Waals surface area contributed by atoms with Gasteiger partial charge in [-0.15, -0.1) is 0 Å². The van der Waals surface area contributed by atoms with E-state index in [4.69, 9.17) is 4.42 Å². The van der Waals surface area contributed by atoms with Crippen molar-refractivity contribution in [1.29, 1.82) is 0 Å². The van der Waals surface area contributed by atoms with Crippen LogP contribution in [0, 0.1) is 0 Å². The summed E-state index contributed by atoms with van der Waals surface area (Å²) in [6.45, 7) is 0.746. The number of likely N-dealkylation sites (tertiary alicyclic amines) is 1. The number of urea groups is 1. The number of aryl methyl sites for hydroxylation is 1. The van der Waals surface area contributed by atoms with E-state index in [9.17, 15) is 9.90 Å². The van der Waals surface area contributed by atoms with Gasteiger partial charge >= 0.3 is 6.03 Å². The van der Waals surface area contributed by atoms with Gasteiger partial charge in [0.25, 0.3) is 0 Å². The molecule has 2 N–H and O–H groups in total. The predicted molar refractivity (Wildman–Crippen MR) is 94.0 cm³/mol. The van der Waals surface area contributed by atoms with Crippen molar-refractivity contribution in [2.75, 3.05) is 6.54 Å². The summed E-state index contributed by atoms with van der Waals surface area (Å²) in [5.41, 5.74) is 2.57. The van der Waals surface area contributed by atoms with Gasteiger partial charge in [-0.1, -0.05) is 24.3 Å². The smallest absolute Gasteiger partial charge is 0.318 e. The molecule has 2 aromatic rings. The summed E-state index contributed by atoms with van der Waals surface area (Å²) < 4.78 is 5.28. The second kappa shape index (κ2) is 6.92. The summed E-state index contributed by atoms with van der Waals surface area (Å²) >= 11 is 0. The molecule has 2 heterocycles. The van der Waals surface area contributed by atoms with Crippen molar-refractivity contribution < 1.29 is 14.3 Å². The van der Waals surface area contributed by atoms with E-state index in [2.05, 4.69) is 23.5 Å². The normalized spacial score (nSPS) is 23.5. The molecule has 0 spiro atoms. The fourth-order valence-corrected chi connectivity index (χ4v) is 4.14. The molecule has 0 saturated carbocycles. The Balaban J connectivity index is 1.39. The quantitative estimate of drug-likeness (QED) is 0.894. The molecule has 2 amide bonds. The van der Waals surface area contributed by atoms with Crippen LogP contribution in [0.25, 0.3) is 0 Å². The molecule has 1 aromatic heterocycles. The maximum Gasteiger partial charge on any atom is 0.318 e. The average Bonchev–Trinajstić information content (AvgIpc) is 3.36. The van der Waals surface area contributed by atoms with Gasteiger partial charge in [0.2, 0.25) is 0 Å². The van der Waals surface area contributed by atoms with Crippen molar-refractivity contribution in [3.8, 4) is 0 Å². The third kappa shape index (κ3) is 3.29. The van der Waals surface area contributed by atoms with Gasteiger partial charge in [0.1, 0.15) is 11.9 Å². The highest BCUT2D eigenvalue weighted by atomic mass is 16.4. The van der Waals surface area contributed by atoms with E-state index in [1.165, 1.54) is 11.1 Å². The molecule has 2 aliphatic rings. The maximum absolute atomic E-state index is 12.8. The van der Waals surface area contributed by atoms with Crippen LogP contribution in [0.15, 0.2) is 47.1 Å². The third-order valence-electron chi connectivity index (χ3n) is 5.44. The standard InChI is InChI=1S/C20H24N2O3/c23-18(19-8-4-12-25-19)13-15-6-3-11-22(15)20(24)21-17-10-9-14-5-1-2-7-16(14)17/h1-2,4-5,7-8,12,15,17-18,23H,3,6,9-11,13H2,(H,21,24)/t15-,17-,18+/m1/s1. The molecule has 1 fully saturated rings. The van der Waals surface area contributed by atoms with E-state index in [0.717, 1.165) is 32.2 Å². The zero-order valence-corrected chi connectivity index (χ0v) is 14.2. The van der Waals surface area contributed by atoms with Gasteiger partial charge in [-0.25, -0.2) is 4.79 Å². The first kappa shape index (κ1) is 16.2. The number of fused-ring (bicyclic) bond motifs is 1. The summed E-state index contributed by atoms with van der Waals surface area (Å²) in [6.07, 6.45) is 5.29. The van der Waals surface area contributed by atoms with E-state index in [-0.39, 0.29) is 18.1 Å². The summed E-state index contributed by atoms with van der Waals surface area (Å²) in [5, 5.41) is 13.5. The lowest BCUT2D eigenvalue weighted by molar-refractivity contribution is 0.107. The minimum Gasteiger partial charge on any atom is -0.467 e. The highest BCUT2D eigenvalue weighted by molar-refractivity contribution is 5.75. The fourth-order valence-electron chi connectivity index (χ4n) is 4.14. The van der Waals surface area contributed by atoms with Crippen molar-refractivity contribution in [1.82, 2.24) is 10.2 Å². The van der Waals surface area contributed by atoms with Crippen LogP contribution in [0.2, 0.25) is 0 Å². The first-order chi connectivity index (χ1) is 12.2. The molecule has 0 bridgehead atoms. The van der Waals surface area contributed by atoms with Gasteiger partial charge in [0, 0.05) is 19.0 Å². The van der Waals surface area contributed by atoms with Crippen molar-refractivity contribution in [2.24, 2.45) is 0 Å². The summed E-state index contributed by atoms with van der Waals surface area (Å²) in [5.74, 6) is 0.567. The van der Waals surface area contributed by atoms with Gasteiger partial charge in [0.05, 0.1) is 12.3 Å². The number of aliphatic hydroxyl groups is 1. The second-order valence-electron chi connectivity index (χ2n) is 7.00. The SMILES string of the molecule is O=C(N[C@@H]1CCc2ccccc21)N1CCC[C@@H]1C[C@H](O)c1ccco1. The van der Waals surface area contributed by atoms with E-state index in [0.29, 0.717) is 12.2 Å². The summed E-state index contributed by atoms with van der Waals surface area (Å²) in [6, 6.07) is 12.0. The third-order valence-corrected chi connectivity index (χ3v) is 5.44. The molecule has 5 heteroatoms. The van der Waals surface area contributed by atoms with E-state index in [1.807, 2.05) is 11.0 Å². The average molecular weight is 340 g/mol. The van der Waals surface area contributed by atoms with Gasteiger partial charge in [-0.05, 0) is 48.9 Å². The Morgan fingerprint density at radius 2 is 2.16 bits per heavy atom. The molecule has 1 saturated heterocycles. The molecule has 1 aliphatic carbocycles. The van der Waals surface area contributed by atoms with Crippen LogP contribution in [0.1, 0.15) is 54.7 Å². The summed E-state index contributed by atoms with van der Waals surface area (Å²) in [4.78, 5) is 14.7. The molecule has 0 radical (unpaired) electrons. The Bertz CT molecular complexity index is 728. The predicted octanol–water partition coefficient (Wildman–Crippen LogP) is 3.56. The van der Waals surface area contributed by atoms with Crippen molar-refractivity contribution >= 4 is 6.03 Å². The molecule has 132 valence electrons. The number of rotatable bonds is 4. The van der Waals surface area contributed by atoms with Gasteiger partial charge in [-0.2, -0.15) is 0 Å². The zero-order chi connectivity index (χ0) is 17.2. The first-order valence-corrected chi connectivity index (χ1v) is 9.09. The van der Waals surface area contributed by atoms with Crippen LogP contribution in [0.4, 0.5) is 4.79 Å². The fraction of sp³-hybridized carbons (Fsp3) is 0.450. The Morgan fingerprint density at radius 3 is 3.00 bits per heavy atom. The van der Waals surface area contributed by atoms with E-state index in [1.54, 1.807) is 18.4 Å². The van der Waals surface area contributed by atoms with Gasteiger partial charge in [0.15, 0.2) is 0 Å². The minimum atomic E-state index is -0.666. The Labute approximate surface area is 147 Å². The van der Waals surface area contributed by atoms with Gasteiger partial charge < -0.3 is 19.7 Å². The van der Waals surface area contributed by atoms with Crippen molar-refractivity contribution in [3.63, 3.8) is 0 Å². The number of nitrogens with zero attached hydrogens (tertiary/aromatic N) is 1. The van der Waals surface area contributed by atoms with Crippen LogP contribution in [0.5, 0.6) is 0 Å². The van der Waals surface area contributed by atoms with Crippen molar-refractivity contribution in [2.45, 2.75) is 50.3 Å². The van der Waals surface area contributed by atoms with Crippen LogP contribution in [-0.4, -0.2) is 28.6 Å². The lowest BCUT2D eigenvalue weighted by Gasteiger charge is -2.28. The number of hydrogen-bond donors (Lipinski definition) is 2. The number of hydrogen-bond acceptors (Lipinski definition) is 3. The van der Waals surface area contributed by atoms with E-state index < -0.39 is 6.10 Å². The zero-order valence-electron chi connectivity index (χ0n) is 14.2. The Kier molecular flexibility index (Phi) is 4.49. The number of benzene rings is 1. The molecule has 25 heavy (non-hydrogen) atoms. The number of carbonyl (C=O) groups is 1. The maximum atomic E-state index is 12.8. The lowest BCUT2D eigenvalue weighted by atomic mass is 10.1. The van der Waals surface area contributed by atoms with Crippen LogP contribution in [-0.2, 0) is 6.42 Å². The second-order valence-corrected chi connectivity index (χ2v) is 7.00. The molecular formula is C20H24N2O3. The topological polar surface area (TPSA) is 65.7 Å². The Morgan fingerprint density at radius 1 is 1.28 bits per heavy atom. The molecule has 3 atom stereocenters. The van der Waals surface area contributed by atoms with Crippen molar-refractivity contribution in [3.05, 3.63) is 59.5 Å². The molecule has 0 unspecified atom stereocenters. The first-order valence-electron chi connectivity index (χ1n) is 9.09. The van der Waals surface area contributed by atoms with Crippen LogP contribution in [0.3, 0.4) is 0 Å². The highest BCUT2D eigenvalue weighted by Gasteiger charge is 2.33. The number of carbonyl (C=O) groups excluding carboxylic acids is 1. The Hall–Kier alpha value is -2.27. The van der Waals surface area contributed by atoms with Crippen LogP contribution >= 0.6 is 0 Å².